The minimum atomic E-state index is -3.89. The Balaban J connectivity index is 1.31. The van der Waals surface area contributed by atoms with Crippen LogP contribution in [-0.2, 0) is 39.5 Å². The molecule has 0 spiro atoms. The number of benzene rings is 1. The molecule has 0 unspecified atom stereocenters. The normalized spacial score (nSPS) is 26.8. The van der Waals surface area contributed by atoms with Gasteiger partial charge in [-0.1, -0.05) is 51.1 Å². The third-order valence-electron chi connectivity index (χ3n) is 10.8. The Labute approximate surface area is 309 Å². The lowest BCUT2D eigenvalue weighted by molar-refractivity contribution is -0.143. The van der Waals surface area contributed by atoms with Crippen molar-refractivity contribution in [3.8, 4) is 10.6 Å². The smallest absolute Gasteiger partial charge is 0.408 e. The quantitative estimate of drug-likeness (QED) is 0.267. The molecule has 282 valence electrons. The van der Waals surface area contributed by atoms with Crippen molar-refractivity contribution in [2.75, 3.05) is 13.7 Å². The number of nitrogens with zero attached hydrogens (tertiary/aromatic N) is 2. The molecule has 2 aromatic rings. The van der Waals surface area contributed by atoms with Crippen molar-refractivity contribution in [1.29, 1.82) is 0 Å². The number of aryl methyl sites for hydroxylation is 1. The van der Waals surface area contributed by atoms with Crippen molar-refractivity contribution in [3.05, 3.63) is 53.6 Å². The Morgan fingerprint density at radius 1 is 1.08 bits per heavy atom. The van der Waals surface area contributed by atoms with Crippen LogP contribution in [0.4, 0.5) is 4.79 Å². The first-order valence-corrected chi connectivity index (χ1v) is 20.3. The zero-order chi connectivity index (χ0) is 37.6. The highest BCUT2D eigenvalue weighted by Crippen LogP contribution is 2.47. The summed E-state index contributed by atoms with van der Waals surface area (Å²) in [7, 11) is -2.37. The summed E-state index contributed by atoms with van der Waals surface area (Å²) in [5.74, 6) is -2.51. The van der Waals surface area contributed by atoms with Gasteiger partial charge in [-0.15, -0.1) is 17.9 Å². The number of rotatable bonds is 12. The summed E-state index contributed by atoms with van der Waals surface area (Å²) in [4.78, 5) is 61.8. The van der Waals surface area contributed by atoms with Gasteiger partial charge in [-0.2, -0.15) is 0 Å². The zero-order valence-corrected chi connectivity index (χ0v) is 32.0. The van der Waals surface area contributed by atoms with Crippen LogP contribution >= 0.6 is 11.3 Å². The molecule has 4 amide bonds. The Morgan fingerprint density at radius 2 is 1.75 bits per heavy atom. The van der Waals surface area contributed by atoms with E-state index in [1.165, 1.54) is 29.4 Å². The molecule has 13 nitrogen and oxygen atoms in total. The predicted octanol–water partition coefficient (Wildman–Crippen LogP) is 4.31. The molecular formula is C37H49N5O8S2. The molecule has 52 heavy (non-hydrogen) atoms. The van der Waals surface area contributed by atoms with Crippen LogP contribution in [0, 0.1) is 18.3 Å². The number of carbonyl (C=O) groups excluding carboxylic acids is 4. The number of carbonyl (C=O) groups is 4. The largest absolute Gasteiger partial charge is 0.446 e. The second-order valence-corrected chi connectivity index (χ2v) is 18.5. The Kier molecular flexibility index (Phi) is 10.4. The maximum absolute atomic E-state index is 14.7. The lowest BCUT2D eigenvalue weighted by atomic mass is 9.85. The molecule has 3 N–H and O–H groups in total. The fourth-order valence-electron chi connectivity index (χ4n) is 7.36. The third-order valence-corrected chi connectivity index (χ3v) is 13.6. The van der Waals surface area contributed by atoms with Crippen LogP contribution in [0.5, 0.6) is 0 Å². The number of ether oxygens (including phenoxy) is 2. The molecule has 6 rings (SSSR count). The fraction of sp³-hybridized carbons (Fsp3) is 0.595. The molecule has 0 radical (unpaired) electrons. The van der Waals surface area contributed by atoms with Gasteiger partial charge in [-0.3, -0.25) is 19.1 Å². The molecule has 4 fully saturated rings. The van der Waals surface area contributed by atoms with E-state index in [4.69, 9.17) is 9.47 Å². The summed E-state index contributed by atoms with van der Waals surface area (Å²) in [6.45, 7) is 11.1. The molecule has 5 atom stereocenters. The number of thiazole rings is 1. The van der Waals surface area contributed by atoms with Gasteiger partial charge in [0, 0.05) is 36.1 Å². The SMILES string of the molecule is C=C[C@@H]1C[C@]1(NC(=O)[C@@H]1C[C@@](OC)(c2ccc(-c3nc(C)cs3)cc2)CN1C(=O)[C@@H](NC(=O)OC1CCCC1)C(C)(C)C)C(=O)NS(=O)(=O)C1CC1. The van der Waals surface area contributed by atoms with Crippen molar-refractivity contribution < 1.29 is 37.1 Å². The molecular weight excluding hydrogens is 707 g/mol. The van der Waals surface area contributed by atoms with Crippen LogP contribution in [0.3, 0.4) is 0 Å². The monoisotopic (exact) mass is 755 g/mol. The number of nitrogens with one attached hydrogen (secondary N) is 3. The van der Waals surface area contributed by atoms with Crippen LogP contribution in [0.2, 0.25) is 0 Å². The van der Waals surface area contributed by atoms with Crippen LogP contribution in [0.15, 0.2) is 42.3 Å². The third kappa shape index (κ3) is 7.63. The summed E-state index contributed by atoms with van der Waals surface area (Å²) in [6.07, 6.45) is 5.15. The highest BCUT2D eigenvalue weighted by atomic mass is 32.2. The van der Waals surface area contributed by atoms with E-state index in [1.807, 2.05) is 57.3 Å². The van der Waals surface area contributed by atoms with Gasteiger partial charge in [0.1, 0.15) is 34.3 Å². The lowest BCUT2D eigenvalue weighted by Gasteiger charge is -2.36. The summed E-state index contributed by atoms with van der Waals surface area (Å²) in [5.41, 5.74) is -0.941. The van der Waals surface area contributed by atoms with Crippen LogP contribution < -0.4 is 15.4 Å². The first-order chi connectivity index (χ1) is 24.5. The minimum absolute atomic E-state index is 0.0248. The molecule has 3 saturated carbocycles. The number of hydrogen-bond acceptors (Lipinski definition) is 10. The number of alkyl carbamates (subject to hydrolysis) is 1. The second kappa shape index (κ2) is 14.2. The number of aromatic nitrogens is 1. The van der Waals surface area contributed by atoms with E-state index in [0.29, 0.717) is 12.8 Å². The van der Waals surface area contributed by atoms with E-state index in [0.717, 1.165) is 47.5 Å². The van der Waals surface area contributed by atoms with Crippen molar-refractivity contribution in [2.24, 2.45) is 11.3 Å². The Bertz CT molecular complexity index is 1830. The van der Waals surface area contributed by atoms with Crippen molar-refractivity contribution in [3.63, 3.8) is 0 Å². The molecule has 3 aliphatic carbocycles. The number of methoxy groups -OCH3 is 1. The van der Waals surface area contributed by atoms with Gasteiger partial charge in [0.15, 0.2) is 0 Å². The van der Waals surface area contributed by atoms with Crippen LogP contribution in [0.1, 0.15) is 83.4 Å². The van der Waals surface area contributed by atoms with Crippen LogP contribution in [-0.4, -0.2) is 84.7 Å². The van der Waals surface area contributed by atoms with E-state index < -0.39 is 73.6 Å². The molecule has 0 bridgehead atoms. The zero-order valence-electron chi connectivity index (χ0n) is 30.4. The maximum Gasteiger partial charge on any atom is 0.408 e. The number of sulfonamides is 1. The fourth-order valence-corrected chi connectivity index (χ4v) is 9.53. The Hall–Kier alpha value is -3.82. The van der Waals surface area contributed by atoms with E-state index in [2.05, 4.69) is 26.9 Å². The summed E-state index contributed by atoms with van der Waals surface area (Å²) < 4.78 is 39.5. The highest BCUT2D eigenvalue weighted by Gasteiger charge is 2.62. The van der Waals surface area contributed by atoms with Gasteiger partial charge in [0.25, 0.3) is 5.91 Å². The summed E-state index contributed by atoms with van der Waals surface area (Å²) >= 11 is 1.53. The van der Waals surface area contributed by atoms with E-state index >= 15 is 0 Å². The first-order valence-electron chi connectivity index (χ1n) is 17.9. The van der Waals surface area contributed by atoms with Gasteiger partial charge in [-0.25, -0.2) is 18.2 Å². The Morgan fingerprint density at radius 3 is 2.29 bits per heavy atom. The van der Waals surface area contributed by atoms with Gasteiger partial charge < -0.3 is 25.0 Å². The average molecular weight is 756 g/mol. The molecule has 15 heteroatoms. The average Bonchev–Trinajstić information content (AvgIpc) is 3.91. The second-order valence-electron chi connectivity index (χ2n) is 15.7. The standard InChI is InChI=1S/C37H49N5O8S2/c1-7-24-18-37(24,33(45)41-52(47,48)27-16-17-27)40-30(43)28-19-36(49-6,25-14-12-23(13-15-25)31-38-22(2)20-51-31)21-42(28)32(44)29(35(3,4)5)39-34(46)50-26-10-8-9-11-26/h7,12-15,20,24,26-29H,1,8-11,16-19,21H2,2-6H3,(H,39,46)(H,40,43)(H,41,45)/t24-,28+,29-,36+,37-/m1/s1. The van der Waals surface area contributed by atoms with Gasteiger partial charge in [-0.05, 0) is 62.8 Å². The number of hydrogen-bond donors (Lipinski definition) is 3. The van der Waals surface area contributed by atoms with Crippen molar-refractivity contribution in [1.82, 2.24) is 25.2 Å². The maximum atomic E-state index is 14.7. The topological polar surface area (TPSA) is 173 Å². The molecule has 2 heterocycles. The molecule has 4 aliphatic rings. The van der Waals surface area contributed by atoms with Gasteiger partial charge in [0.2, 0.25) is 21.8 Å². The van der Waals surface area contributed by atoms with E-state index in [9.17, 15) is 27.6 Å². The first kappa shape index (κ1) is 37.9. The number of likely N-dealkylation sites (tertiary alicyclic amines) is 1. The van der Waals surface area contributed by atoms with Crippen LogP contribution in [0.25, 0.3) is 10.6 Å². The minimum Gasteiger partial charge on any atom is -0.446 e. The molecule has 1 aromatic carbocycles. The van der Waals surface area contributed by atoms with Gasteiger partial charge >= 0.3 is 6.09 Å². The predicted molar refractivity (Wildman–Crippen MR) is 195 cm³/mol. The summed E-state index contributed by atoms with van der Waals surface area (Å²) in [6, 6.07) is 5.40. The van der Waals surface area contributed by atoms with E-state index in [1.54, 1.807) is 0 Å². The summed E-state index contributed by atoms with van der Waals surface area (Å²) in [5, 5.41) is 7.82. The molecule has 1 aliphatic heterocycles. The number of amides is 4. The van der Waals surface area contributed by atoms with Crippen molar-refractivity contribution in [2.45, 2.75) is 114 Å². The highest BCUT2D eigenvalue weighted by molar-refractivity contribution is 7.91. The van der Waals surface area contributed by atoms with E-state index in [-0.39, 0.29) is 25.5 Å². The molecule has 1 aromatic heterocycles. The van der Waals surface area contributed by atoms with Gasteiger partial charge in [0.05, 0.1) is 11.8 Å². The lowest BCUT2D eigenvalue weighted by Crippen LogP contribution is -2.60. The molecule has 1 saturated heterocycles. The van der Waals surface area contributed by atoms with Crippen molar-refractivity contribution >= 4 is 45.2 Å².